The van der Waals surface area contributed by atoms with Crippen molar-refractivity contribution in [1.29, 1.82) is 0 Å². The Balaban J connectivity index is 4.33. The smallest absolute Gasteiger partial charge is 0.324 e. The lowest BCUT2D eigenvalue weighted by atomic mass is 11.0. The number of sulfone groups is 1. The van der Waals surface area contributed by atoms with Gasteiger partial charge in [-0.15, -0.1) is 0 Å². The molecule has 0 radical (unpaired) electrons. The summed E-state index contributed by atoms with van der Waals surface area (Å²) in [5.74, 6) is -0.238. The van der Waals surface area contributed by atoms with Crippen LogP contribution in [0.15, 0.2) is 0 Å². The monoisotopic (exact) mass is 188 g/mol. The third kappa shape index (κ3) is 4.93. The van der Waals surface area contributed by atoms with Crippen LogP contribution in [0.4, 0.5) is 0 Å². The first-order chi connectivity index (χ1) is 4.27. The summed E-state index contributed by atoms with van der Waals surface area (Å²) < 4.78 is 31.2. The maximum absolute atomic E-state index is 10.5. The van der Waals surface area contributed by atoms with Crippen molar-refractivity contribution in [3.8, 4) is 0 Å². The van der Waals surface area contributed by atoms with E-state index in [1.807, 2.05) is 0 Å². The summed E-state index contributed by atoms with van der Waals surface area (Å²) in [6.07, 6.45) is 0. The zero-order valence-corrected chi connectivity index (χ0v) is 7.10. The number of rotatable bonds is 3. The molecule has 5 nitrogen and oxygen atoms in total. The Morgan fingerprint density at radius 3 is 1.90 bits per heavy atom. The highest BCUT2D eigenvalue weighted by atomic mass is 32.2. The van der Waals surface area contributed by atoms with Crippen molar-refractivity contribution in [2.24, 2.45) is 0 Å². The Bertz CT molecular complexity index is 236. The van der Waals surface area contributed by atoms with Crippen molar-refractivity contribution in [3.05, 3.63) is 0 Å². The highest BCUT2D eigenvalue weighted by Gasteiger charge is 2.22. The van der Waals surface area contributed by atoms with E-state index in [4.69, 9.17) is 9.79 Å². The molecule has 0 aliphatic rings. The molecule has 0 aliphatic carbocycles. The molecule has 0 aliphatic heterocycles. The molecule has 0 aromatic heterocycles. The van der Waals surface area contributed by atoms with Crippen LogP contribution in [0.5, 0.6) is 0 Å². The predicted molar refractivity (Wildman–Crippen MR) is 36.4 cm³/mol. The van der Waals surface area contributed by atoms with E-state index in [2.05, 4.69) is 0 Å². The van der Waals surface area contributed by atoms with Crippen LogP contribution in [-0.4, -0.2) is 29.5 Å². The van der Waals surface area contributed by atoms with Crippen molar-refractivity contribution >= 4 is 17.4 Å². The van der Waals surface area contributed by atoms with Crippen molar-refractivity contribution < 1.29 is 22.8 Å². The summed E-state index contributed by atoms with van der Waals surface area (Å²) in [6.45, 7) is 1.34. The third-order valence-corrected chi connectivity index (χ3v) is 4.60. The van der Waals surface area contributed by atoms with E-state index < -0.39 is 22.9 Å². The van der Waals surface area contributed by atoms with E-state index in [9.17, 15) is 13.0 Å². The van der Waals surface area contributed by atoms with Crippen LogP contribution in [0.1, 0.15) is 6.92 Å². The Morgan fingerprint density at radius 1 is 1.40 bits per heavy atom. The average molecular weight is 188 g/mol. The lowest BCUT2D eigenvalue weighted by molar-refractivity contribution is 0.378. The zero-order valence-electron chi connectivity index (χ0n) is 5.39. The number of hydrogen-bond acceptors (Lipinski definition) is 3. The summed E-state index contributed by atoms with van der Waals surface area (Å²) in [7, 11) is -7.93. The molecule has 0 heterocycles. The predicted octanol–water partition coefficient (Wildman–Crippen LogP) is -0.444. The quantitative estimate of drug-likeness (QED) is 0.585. The van der Waals surface area contributed by atoms with Crippen LogP contribution in [0.2, 0.25) is 0 Å². The summed E-state index contributed by atoms with van der Waals surface area (Å²) in [4.78, 5) is 16.4. The molecule has 10 heavy (non-hydrogen) atoms. The molecule has 0 atom stereocenters. The molecule has 0 bridgehead atoms. The van der Waals surface area contributed by atoms with Gasteiger partial charge in [0.2, 0.25) is 0 Å². The Morgan fingerprint density at radius 2 is 1.80 bits per heavy atom. The first-order valence-electron chi connectivity index (χ1n) is 2.52. The summed E-state index contributed by atoms with van der Waals surface area (Å²) in [5.41, 5.74) is -1.05. The van der Waals surface area contributed by atoms with Crippen molar-refractivity contribution in [1.82, 2.24) is 0 Å². The van der Waals surface area contributed by atoms with Gasteiger partial charge in [0.1, 0.15) is 0 Å². The van der Waals surface area contributed by atoms with Gasteiger partial charge in [0, 0.05) is 5.75 Å². The van der Waals surface area contributed by atoms with Crippen molar-refractivity contribution in [2.45, 2.75) is 6.92 Å². The van der Waals surface area contributed by atoms with Gasteiger partial charge < -0.3 is 9.79 Å². The minimum atomic E-state index is -4.39. The van der Waals surface area contributed by atoms with Gasteiger partial charge in [-0.2, -0.15) is 0 Å². The second-order valence-corrected chi connectivity index (χ2v) is 6.25. The molecule has 2 N–H and O–H groups in total. The van der Waals surface area contributed by atoms with E-state index in [0.29, 0.717) is 0 Å². The van der Waals surface area contributed by atoms with Crippen LogP contribution in [-0.2, 0) is 14.4 Å². The summed E-state index contributed by atoms with van der Waals surface area (Å²) >= 11 is 0. The highest BCUT2D eigenvalue weighted by molar-refractivity contribution is 7.97. The third-order valence-electron chi connectivity index (χ3n) is 0.805. The van der Waals surface area contributed by atoms with E-state index in [-0.39, 0.29) is 5.75 Å². The lowest BCUT2D eigenvalue weighted by Crippen LogP contribution is -2.08. The average Bonchev–Trinajstić information content (AvgIpc) is 1.60. The van der Waals surface area contributed by atoms with Gasteiger partial charge in [-0.3, -0.25) is 4.57 Å². The van der Waals surface area contributed by atoms with Gasteiger partial charge in [0.05, 0.1) is 0 Å². The SMILES string of the molecule is CCS(=O)(=O)CP(=O)(O)O. The van der Waals surface area contributed by atoms with Crippen LogP contribution >= 0.6 is 7.60 Å². The molecule has 0 amide bonds. The fraction of sp³-hybridized carbons (Fsp3) is 1.00. The molecule has 0 saturated heterocycles. The fourth-order valence-electron chi connectivity index (χ4n) is 0.348. The molecule has 0 aromatic carbocycles. The molecule has 0 spiro atoms. The van der Waals surface area contributed by atoms with Crippen LogP contribution in [0.3, 0.4) is 0 Å². The van der Waals surface area contributed by atoms with E-state index in [1.165, 1.54) is 6.92 Å². The van der Waals surface area contributed by atoms with Crippen LogP contribution in [0.25, 0.3) is 0 Å². The molecular weight excluding hydrogens is 179 g/mol. The fourth-order valence-corrected chi connectivity index (χ4v) is 3.13. The van der Waals surface area contributed by atoms with E-state index in [0.717, 1.165) is 0 Å². The standard InChI is InChI=1S/C3H9O5PS/c1-2-10(7,8)3-9(4,5)6/h2-3H2,1H3,(H2,4,5,6). The maximum atomic E-state index is 10.5. The summed E-state index contributed by atoms with van der Waals surface area (Å²) in [6, 6.07) is 0. The molecule has 0 unspecified atom stereocenters. The first-order valence-corrected chi connectivity index (χ1v) is 6.14. The van der Waals surface area contributed by atoms with Crippen LogP contribution in [0, 0.1) is 0 Å². The maximum Gasteiger partial charge on any atom is 0.340 e. The van der Waals surface area contributed by atoms with Crippen LogP contribution < -0.4 is 0 Å². The van der Waals surface area contributed by atoms with Crippen molar-refractivity contribution in [2.75, 3.05) is 11.2 Å². The molecule has 62 valence electrons. The van der Waals surface area contributed by atoms with Gasteiger partial charge >= 0.3 is 7.60 Å². The normalized spacial score (nSPS) is 13.5. The zero-order chi connectivity index (χ0) is 8.41. The number of hydrogen-bond donors (Lipinski definition) is 2. The van der Waals surface area contributed by atoms with Gasteiger partial charge in [0.25, 0.3) is 0 Å². The van der Waals surface area contributed by atoms with Gasteiger partial charge in [-0.1, -0.05) is 6.92 Å². The highest BCUT2D eigenvalue weighted by Crippen LogP contribution is 2.35. The second kappa shape index (κ2) is 3.00. The molecular formula is C3H9O5PS. The Labute approximate surface area is 59.1 Å². The van der Waals surface area contributed by atoms with E-state index in [1.54, 1.807) is 0 Å². The van der Waals surface area contributed by atoms with Gasteiger partial charge in [-0.25, -0.2) is 8.42 Å². The molecule has 0 aromatic rings. The van der Waals surface area contributed by atoms with E-state index >= 15 is 0 Å². The molecule has 0 rings (SSSR count). The lowest BCUT2D eigenvalue weighted by Gasteiger charge is -2.01. The molecule has 7 heteroatoms. The Kier molecular flexibility index (Phi) is 3.03. The largest absolute Gasteiger partial charge is 0.340 e. The Hall–Kier alpha value is 0.1000. The molecule has 0 saturated carbocycles. The first kappa shape index (κ1) is 10.1. The topological polar surface area (TPSA) is 91.7 Å². The van der Waals surface area contributed by atoms with Gasteiger partial charge in [-0.05, 0) is 0 Å². The molecule has 0 fully saturated rings. The van der Waals surface area contributed by atoms with Gasteiger partial charge in [0.15, 0.2) is 15.3 Å². The summed E-state index contributed by atoms with van der Waals surface area (Å²) in [5, 5.41) is 0. The minimum absolute atomic E-state index is 0.238. The second-order valence-electron chi connectivity index (χ2n) is 1.83. The minimum Gasteiger partial charge on any atom is -0.324 e. The van der Waals surface area contributed by atoms with Crippen molar-refractivity contribution in [3.63, 3.8) is 0 Å².